The number of hydrogen-bond donors (Lipinski definition) is 1. The molecule has 0 aliphatic heterocycles. The van der Waals surface area contributed by atoms with Gasteiger partial charge in [-0.15, -0.1) is 0 Å². The van der Waals surface area contributed by atoms with Crippen molar-refractivity contribution in [2.45, 2.75) is 40.2 Å². The Morgan fingerprint density at radius 2 is 1.90 bits per heavy atom. The van der Waals surface area contributed by atoms with Crippen molar-refractivity contribution in [2.75, 3.05) is 13.2 Å². The van der Waals surface area contributed by atoms with E-state index in [4.69, 9.17) is 14.2 Å². The number of hydrazone groups is 1. The van der Waals surface area contributed by atoms with Gasteiger partial charge in [-0.05, 0) is 85.1 Å². The van der Waals surface area contributed by atoms with Crippen molar-refractivity contribution in [1.29, 1.82) is 0 Å². The van der Waals surface area contributed by atoms with E-state index in [0.717, 1.165) is 22.2 Å². The zero-order valence-electron chi connectivity index (χ0n) is 17.2. The molecule has 0 saturated carbocycles. The maximum Gasteiger partial charge on any atom is 0.271 e. The van der Waals surface area contributed by atoms with Crippen LogP contribution in [0.2, 0.25) is 0 Å². The van der Waals surface area contributed by atoms with Crippen molar-refractivity contribution < 1.29 is 19.0 Å². The third-order valence-corrected chi connectivity index (χ3v) is 4.24. The lowest BCUT2D eigenvalue weighted by atomic mass is 10.2. The molecule has 0 fully saturated rings. The molecule has 7 heteroatoms. The number of nitrogens with one attached hydrogen (secondary N) is 1. The zero-order chi connectivity index (χ0) is 21.2. The average Bonchev–Trinajstić information content (AvgIpc) is 2.69. The summed E-state index contributed by atoms with van der Waals surface area (Å²) < 4.78 is 17.8. The third kappa shape index (κ3) is 7.09. The first-order valence-electron chi connectivity index (χ1n) is 9.63. The molecule has 29 heavy (non-hydrogen) atoms. The van der Waals surface area contributed by atoms with Crippen LogP contribution in [0, 0.1) is 0 Å². The van der Waals surface area contributed by atoms with Crippen LogP contribution in [-0.4, -0.2) is 31.4 Å². The molecule has 0 bridgehead atoms. The molecule has 0 radical (unpaired) electrons. The smallest absolute Gasteiger partial charge is 0.271 e. The minimum atomic E-state index is -0.299. The molecule has 0 aromatic heterocycles. The molecule has 0 atom stereocenters. The molecule has 2 aromatic rings. The van der Waals surface area contributed by atoms with Crippen LogP contribution in [-0.2, 0) is 0 Å². The van der Waals surface area contributed by atoms with E-state index in [-0.39, 0.29) is 12.0 Å². The second-order valence-electron chi connectivity index (χ2n) is 6.50. The molecule has 0 aliphatic rings. The van der Waals surface area contributed by atoms with Crippen LogP contribution in [0.5, 0.6) is 17.2 Å². The van der Waals surface area contributed by atoms with Gasteiger partial charge in [-0.3, -0.25) is 4.79 Å². The van der Waals surface area contributed by atoms with Crippen molar-refractivity contribution in [2.24, 2.45) is 5.10 Å². The van der Waals surface area contributed by atoms with Gasteiger partial charge in [-0.1, -0.05) is 6.92 Å². The number of nitrogens with zero attached hydrogens (tertiary/aromatic N) is 1. The summed E-state index contributed by atoms with van der Waals surface area (Å²) in [5.41, 5.74) is 3.80. The molecule has 156 valence electrons. The third-order valence-electron chi connectivity index (χ3n) is 3.65. The monoisotopic (exact) mass is 462 g/mol. The Bertz CT molecular complexity index is 835. The normalized spacial score (nSPS) is 11.0. The molecule has 0 aliphatic carbocycles. The highest BCUT2D eigenvalue weighted by Gasteiger charge is 2.13. The number of benzene rings is 2. The predicted octanol–water partition coefficient (Wildman–Crippen LogP) is 5.19. The summed E-state index contributed by atoms with van der Waals surface area (Å²) in [5, 5.41) is 4.05. The van der Waals surface area contributed by atoms with Crippen molar-refractivity contribution >= 4 is 28.1 Å². The highest BCUT2D eigenvalue weighted by molar-refractivity contribution is 9.10. The Kier molecular flexibility index (Phi) is 8.99. The van der Waals surface area contributed by atoms with Crippen LogP contribution in [0.25, 0.3) is 0 Å². The van der Waals surface area contributed by atoms with E-state index in [0.29, 0.717) is 30.3 Å². The van der Waals surface area contributed by atoms with E-state index in [1.165, 1.54) is 0 Å². The van der Waals surface area contributed by atoms with E-state index >= 15 is 0 Å². The summed E-state index contributed by atoms with van der Waals surface area (Å²) in [4.78, 5) is 12.3. The lowest BCUT2D eigenvalue weighted by molar-refractivity contribution is 0.0955. The maximum atomic E-state index is 12.3. The van der Waals surface area contributed by atoms with Crippen LogP contribution in [0.3, 0.4) is 0 Å². The number of carbonyl (C=O) groups is 1. The maximum absolute atomic E-state index is 12.3. The molecular weight excluding hydrogens is 436 g/mol. The highest BCUT2D eigenvalue weighted by atomic mass is 79.9. The summed E-state index contributed by atoms with van der Waals surface area (Å²) in [7, 11) is 0. The van der Waals surface area contributed by atoms with Gasteiger partial charge in [0.25, 0.3) is 5.91 Å². The molecule has 1 amide bonds. The lowest BCUT2D eigenvalue weighted by Gasteiger charge is -2.16. The fourth-order valence-electron chi connectivity index (χ4n) is 2.43. The van der Waals surface area contributed by atoms with Gasteiger partial charge in [0.2, 0.25) is 0 Å². The Hall–Kier alpha value is -2.54. The Morgan fingerprint density at radius 3 is 2.52 bits per heavy atom. The van der Waals surface area contributed by atoms with E-state index in [1.54, 1.807) is 30.5 Å². The fraction of sp³-hybridized carbons (Fsp3) is 0.364. The van der Waals surface area contributed by atoms with Crippen LogP contribution in [0.4, 0.5) is 0 Å². The number of carbonyl (C=O) groups excluding carboxylic acids is 1. The summed E-state index contributed by atoms with van der Waals surface area (Å²) in [6.45, 7) is 9.02. The van der Waals surface area contributed by atoms with Crippen LogP contribution in [0.15, 0.2) is 46.0 Å². The minimum absolute atomic E-state index is 0.0167. The van der Waals surface area contributed by atoms with Crippen LogP contribution >= 0.6 is 15.9 Å². The molecule has 0 unspecified atom stereocenters. The first-order chi connectivity index (χ1) is 13.9. The molecule has 0 spiro atoms. The summed E-state index contributed by atoms with van der Waals surface area (Å²) in [5.74, 6) is 1.70. The number of rotatable bonds is 10. The number of amides is 1. The number of hydrogen-bond acceptors (Lipinski definition) is 5. The Balaban J connectivity index is 2.06. The fourth-order valence-corrected chi connectivity index (χ4v) is 2.98. The van der Waals surface area contributed by atoms with Gasteiger partial charge in [0.05, 0.1) is 30.0 Å². The lowest BCUT2D eigenvalue weighted by Crippen LogP contribution is -2.17. The van der Waals surface area contributed by atoms with Crippen molar-refractivity contribution in [1.82, 2.24) is 5.43 Å². The Labute approximate surface area is 180 Å². The van der Waals surface area contributed by atoms with Gasteiger partial charge in [-0.2, -0.15) is 5.10 Å². The van der Waals surface area contributed by atoms with Crippen LogP contribution < -0.4 is 19.6 Å². The van der Waals surface area contributed by atoms with Crippen molar-refractivity contribution in [3.05, 3.63) is 52.0 Å². The molecule has 0 saturated heterocycles. The van der Waals surface area contributed by atoms with E-state index in [2.05, 4.69) is 26.5 Å². The second-order valence-corrected chi connectivity index (χ2v) is 7.36. The molecule has 2 rings (SSSR count). The molecule has 1 N–H and O–H groups in total. The van der Waals surface area contributed by atoms with E-state index in [9.17, 15) is 4.79 Å². The van der Waals surface area contributed by atoms with Gasteiger partial charge in [0.1, 0.15) is 5.75 Å². The Morgan fingerprint density at radius 1 is 1.17 bits per heavy atom. The standard InChI is InChI=1S/C22H27BrN2O4/c1-5-11-28-18-9-7-17(8-10-18)22(26)25-24-14-16-12-19(23)21(29-15(3)4)20(13-16)27-6-2/h7-10,12-15H,5-6,11H2,1-4H3,(H,25,26)/b24-14-. The van der Waals surface area contributed by atoms with Gasteiger partial charge in [0.15, 0.2) is 11.5 Å². The van der Waals surface area contributed by atoms with Gasteiger partial charge in [0, 0.05) is 5.56 Å². The first-order valence-corrected chi connectivity index (χ1v) is 10.4. The molecular formula is C22H27BrN2O4. The summed E-state index contributed by atoms with van der Waals surface area (Å²) in [6, 6.07) is 10.6. The van der Waals surface area contributed by atoms with Gasteiger partial charge >= 0.3 is 0 Å². The molecule has 0 heterocycles. The van der Waals surface area contributed by atoms with Crippen LogP contribution in [0.1, 0.15) is 50.0 Å². The van der Waals surface area contributed by atoms with Crippen molar-refractivity contribution in [3.8, 4) is 17.2 Å². The van der Waals surface area contributed by atoms with E-state index < -0.39 is 0 Å². The molecule has 2 aromatic carbocycles. The predicted molar refractivity (Wildman–Crippen MR) is 118 cm³/mol. The largest absolute Gasteiger partial charge is 0.494 e. The average molecular weight is 463 g/mol. The zero-order valence-corrected chi connectivity index (χ0v) is 18.8. The number of halogens is 1. The van der Waals surface area contributed by atoms with Gasteiger partial charge < -0.3 is 14.2 Å². The first kappa shape index (κ1) is 22.7. The SMILES string of the molecule is CCCOc1ccc(C(=O)N/N=C\c2cc(Br)c(OC(C)C)c(OCC)c2)cc1. The number of ether oxygens (including phenoxy) is 3. The minimum Gasteiger partial charge on any atom is -0.494 e. The molecule has 6 nitrogen and oxygen atoms in total. The van der Waals surface area contributed by atoms with Gasteiger partial charge in [-0.25, -0.2) is 5.43 Å². The highest BCUT2D eigenvalue weighted by Crippen LogP contribution is 2.37. The topological polar surface area (TPSA) is 69.2 Å². The second kappa shape index (κ2) is 11.5. The quantitative estimate of drug-likeness (QED) is 0.389. The summed E-state index contributed by atoms with van der Waals surface area (Å²) in [6.07, 6.45) is 2.51. The van der Waals surface area contributed by atoms with Crippen molar-refractivity contribution in [3.63, 3.8) is 0 Å². The van der Waals surface area contributed by atoms with E-state index in [1.807, 2.05) is 39.8 Å². The summed E-state index contributed by atoms with van der Waals surface area (Å²) >= 11 is 3.51.